The predicted octanol–water partition coefficient (Wildman–Crippen LogP) is 4.05. The first kappa shape index (κ1) is 16.7. The number of hydrogen-bond donors (Lipinski definition) is 0. The van der Waals surface area contributed by atoms with E-state index in [0.717, 1.165) is 16.5 Å². The Hall–Kier alpha value is -3.14. The topological polar surface area (TPSA) is 46.6 Å². The summed E-state index contributed by atoms with van der Waals surface area (Å²) in [5.74, 6) is -0.744. The van der Waals surface area contributed by atoms with Gasteiger partial charge in [0.1, 0.15) is 0 Å². The highest BCUT2D eigenvalue weighted by atomic mass is 16.5. The van der Waals surface area contributed by atoms with E-state index in [2.05, 4.69) is 0 Å². The molecule has 3 rings (SSSR count). The van der Waals surface area contributed by atoms with Gasteiger partial charge in [-0.2, -0.15) is 0 Å². The minimum atomic E-state index is -0.497. The third-order valence-corrected chi connectivity index (χ3v) is 4.01. The van der Waals surface area contributed by atoms with E-state index in [1.165, 1.54) is 0 Å². The lowest BCUT2D eigenvalue weighted by atomic mass is 10.1. The van der Waals surface area contributed by atoms with Crippen LogP contribution in [0.2, 0.25) is 0 Å². The van der Waals surface area contributed by atoms with Crippen LogP contribution < -0.4 is 4.90 Å². The number of esters is 1. The van der Waals surface area contributed by atoms with Crippen molar-refractivity contribution in [3.05, 3.63) is 78.4 Å². The zero-order chi connectivity index (χ0) is 17.6. The quantitative estimate of drug-likeness (QED) is 0.662. The Kier molecular flexibility index (Phi) is 5.09. The van der Waals surface area contributed by atoms with E-state index in [9.17, 15) is 9.59 Å². The molecule has 0 bridgehead atoms. The summed E-state index contributed by atoms with van der Waals surface area (Å²) < 4.78 is 5.18. The van der Waals surface area contributed by atoms with Crippen molar-refractivity contribution in [2.24, 2.45) is 0 Å². The van der Waals surface area contributed by atoms with E-state index in [1.807, 2.05) is 55.5 Å². The van der Waals surface area contributed by atoms with Crippen LogP contribution in [0.15, 0.2) is 72.8 Å². The maximum absolute atomic E-state index is 12.6. The van der Waals surface area contributed by atoms with Gasteiger partial charge in [-0.15, -0.1) is 0 Å². The number of amides is 1. The third-order valence-electron chi connectivity index (χ3n) is 4.01. The van der Waals surface area contributed by atoms with Gasteiger partial charge in [-0.1, -0.05) is 54.6 Å². The Labute approximate surface area is 146 Å². The molecule has 0 unspecified atom stereocenters. The minimum absolute atomic E-state index is 0.247. The van der Waals surface area contributed by atoms with Gasteiger partial charge in [0.15, 0.2) is 6.61 Å². The third kappa shape index (κ3) is 3.69. The lowest BCUT2D eigenvalue weighted by Gasteiger charge is -2.22. The van der Waals surface area contributed by atoms with E-state index in [0.29, 0.717) is 12.1 Å². The second-order valence-corrected chi connectivity index (χ2v) is 5.58. The highest BCUT2D eigenvalue weighted by Crippen LogP contribution is 2.26. The molecular weight excluding hydrogens is 314 g/mol. The molecule has 126 valence electrons. The van der Waals surface area contributed by atoms with Crippen molar-refractivity contribution in [3.8, 4) is 0 Å². The molecule has 0 aliphatic heterocycles. The molecule has 0 saturated heterocycles. The molecule has 0 N–H and O–H groups in total. The van der Waals surface area contributed by atoms with Gasteiger partial charge in [0, 0.05) is 11.9 Å². The first-order valence-electron chi connectivity index (χ1n) is 8.21. The zero-order valence-corrected chi connectivity index (χ0v) is 14.0. The van der Waals surface area contributed by atoms with Crippen LogP contribution in [0.1, 0.15) is 17.3 Å². The number of benzene rings is 3. The molecule has 0 atom stereocenters. The molecule has 0 aromatic heterocycles. The van der Waals surface area contributed by atoms with Crippen LogP contribution in [0.3, 0.4) is 0 Å². The SMILES string of the molecule is CCN(C(=O)COC(=O)c1ccccc1)c1cccc2ccccc12. The number of carbonyl (C=O) groups excluding carboxylic acids is 2. The number of ether oxygens (including phenoxy) is 1. The fourth-order valence-electron chi connectivity index (χ4n) is 2.79. The molecular formula is C21H19NO3. The maximum atomic E-state index is 12.6. The highest BCUT2D eigenvalue weighted by molar-refractivity contribution is 6.04. The van der Waals surface area contributed by atoms with Gasteiger partial charge in [-0.25, -0.2) is 4.79 Å². The number of hydrogen-bond acceptors (Lipinski definition) is 3. The largest absolute Gasteiger partial charge is 0.452 e. The van der Waals surface area contributed by atoms with Gasteiger partial charge in [-0.05, 0) is 30.5 Å². The van der Waals surface area contributed by atoms with Crippen LogP contribution in [0.5, 0.6) is 0 Å². The normalized spacial score (nSPS) is 10.4. The number of fused-ring (bicyclic) bond motifs is 1. The Morgan fingerprint density at radius 2 is 1.56 bits per heavy atom. The van der Waals surface area contributed by atoms with Crippen molar-refractivity contribution in [2.75, 3.05) is 18.1 Å². The minimum Gasteiger partial charge on any atom is -0.452 e. The monoisotopic (exact) mass is 333 g/mol. The highest BCUT2D eigenvalue weighted by Gasteiger charge is 2.18. The van der Waals surface area contributed by atoms with Gasteiger partial charge < -0.3 is 9.64 Å². The van der Waals surface area contributed by atoms with Crippen LogP contribution in [-0.4, -0.2) is 25.0 Å². The van der Waals surface area contributed by atoms with Crippen LogP contribution in [0, 0.1) is 0 Å². The van der Waals surface area contributed by atoms with Crippen LogP contribution in [-0.2, 0) is 9.53 Å². The smallest absolute Gasteiger partial charge is 0.338 e. The Balaban J connectivity index is 1.76. The number of likely N-dealkylation sites (N-methyl/N-ethyl adjacent to an activating group) is 1. The molecule has 3 aromatic carbocycles. The van der Waals surface area contributed by atoms with Gasteiger partial charge >= 0.3 is 5.97 Å². The molecule has 0 radical (unpaired) electrons. The van der Waals surface area contributed by atoms with Crippen molar-refractivity contribution >= 4 is 28.3 Å². The summed E-state index contributed by atoms with van der Waals surface area (Å²) in [7, 11) is 0. The molecule has 25 heavy (non-hydrogen) atoms. The van der Waals surface area contributed by atoms with E-state index in [4.69, 9.17) is 4.74 Å². The number of nitrogens with zero attached hydrogens (tertiary/aromatic N) is 1. The summed E-state index contributed by atoms with van der Waals surface area (Å²) >= 11 is 0. The van der Waals surface area contributed by atoms with Gasteiger partial charge in [0.25, 0.3) is 5.91 Å². The van der Waals surface area contributed by atoms with Crippen molar-refractivity contribution in [2.45, 2.75) is 6.92 Å². The van der Waals surface area contributed by atoms with Crippen LogP contribution in [0.25, 0.3) is 10.8 Å². The van der Waals surface area contributed by atoms with Gasteiger partial charge in [0.2, 0.25) is 0 Å². The molecule has 0 aliphatic rings. The first-order chi connectivity index (χ1) is 12.2. The summed E-state index contributed by atoms with van der Waals surface area (Å²) in [5.41, 5.74) is 1.25. The van der Waals surface area contributed by atoms with Gasteiger partial charge in [-0.3, -0.25) is 4.79 Å². The predicted molar refractivity (Wildman–Crippen MR) is 98.7 cm³/mol. The zero-order valence-electron chi connectivity index (χ0n) is 14.0. The van der Waals surface area contributed by atoms with Crippen molar-refractivity contribution in [1.82, 2.24) is 0 Å². The molecule has 4 nitrogen and oxygen atoms in total. The number of carbonyl (C=O) groups is 2. The Bertz CT molecular complexity index is 885. The lowest BCUT2D eigenvalue weighted by molar-refractivity contribution is -0.121. The molecule has 3 aromatic rings. The summed E-state index contributed by atoms with van der Waals surface area (Å²) in [6.07, 6.45) is 0. The number of anilines is 1. The Morgan fingerprint density at radius 3 is 2.32 bits per heavy atom. The second kappa shape index (κ2) is 7.62. The summed E-state index contributed by atoms with van der Waals surface area (Å²) in [5, 5.41) is 2.06. The van der Waals surface area contributed by atoms with Crippen molar-refractivity contribution in [1.29, 1.82) is 0 Å². The molecule has 0 saturated carbocycles. The summed E-state index contributed by atoms with van der Waals surface area (Å²) in [6, 6.07) is 22.4. The Morgan fingerprint density at radius 1 is 0.880 bits per heavy atom. The molecule has 0 spiro atoms. The van der Waals surface area contributed by atoms with E-state index < -0.39 is 5.97 Å². The number of rotatable bonds is 5. The second-order valence-electron chi connectivity index (χ2n) is 5.58. The van der Waals surface area contributed by atoms with E-state index in [-0.39, 0.29) is 12.5 Å². The first-order valence-corrected chi connectivity index (χ1v) is 8.21. The average molecular weight is 333 g/mol. The van der Waals surface area contributed by atoms with Crippen LogP contribution in [0.4, 0.5) is 5.69 Å². The molecule has 0 fully saturated rings. The average Bonchev–Trinajstić information content (AvgIpc) is 2.67. The van der Waals surface area contributed by atoms with Gasteiger partial charge in [0.05, 0.1) is 11.3 Å². The molecule has 4 heteroatoms. The fourth-order valence-corrected chi connectivity index (χ4v) is 2.79. The van der Waals surface area contributed by atoms with E-state index in [1.54, 1.807) is 29.2 Å². The maximum Gasteiger partial charge on any atom is 0.338 e. The fraction of sp³-hybridized carbons (Fsp3) is 0.143. The summed E-state index contributed by atoms with van der Waals surface area (Å²) in [4.78, 5) is 26.3. The standard InChI is InChI=1S/C21H19NO3/c1-2-22(19-14-8-12-16-9-6-7-13-18(16)19)20(23)15-25-21(24)17-10-4-3-5-11-17/h3-14H,2,15H2,1H3. The van der Waals surface area contributed by atoms with Crippen molar-refractivity contribution < 1.29 is 14.3 Å². The van der Waals surface area contributed by atoms with Crippen LogP contribution >= 0.6 is 0 Å². The molecule has 0 heterocycles. The van der Waals surface area contributed by atoms with E-state index >= 15 is 0 Å². The lowest BCUT2D eigenvalue weighted by Crippen LogP contribution is -2.34. The van der Waals surface area contributed by atoms with Crippen molar-refractivity contribution in [3.63, 3.8) is 0 Å². The molecule has 1 amide bonds. The summed E-state index contributed by atoms with van der Waals surface area (Å²) in [6.45, 7) is 2.11. The molecule has 0 aliphatic carbocycles.